The van der Waals surface area contributed by atoms with Gasteiger partial charge >= 0.3 is 0 Å². The average Bonchev–Trinajstić information content (AvgIpc) is 2.60. The summed E-state index contributed by atoms with van der Waals surface area (Å²) in [5.74, 6) is 1.99. The summed E-state index contributed by atoms with van der Waals surface area (Å²) in [6.45, 7) is 8.06. The highest BCUT2D eigenvalue weighted by molar-refractivity contribution is 6.33. The van der Waals surface area contributed by atoms with Crippen LogP contribution in [0.25, 0.3) is 0 Å². The van der Waals surface area contributed by atoms with Crippen LogP contribution in [0.15, 0.2) is 12.1 Å². The van der Waals surface area contributed by atoms with E-state index in [0.717, 1.165) is 25.4 Å². The zero-order valence-electron chi connectivity index (χ0n) is 15.7. The van der Waals surface area contributed by atoms with E-state index in [0.29, 0.717) is 34.4 Å². The summed E-state index contributed by atoms with van der Waals surface area (Å²) in [6.07, 6.45) is 5.10. The molecular formula is C20H31ClN2O2. The van der Waals surface area contributed by atoms with E-state index < -0.39 is 0 Å². The van der Waals surface area contributed by atoms with Gasteiger partial charge in [0.05, 0.1) is 23.4 Å². The molecule has 2 N–H and O–H groups in total. The number of carbonyl (C=O) groups is 1. The first-order chi connectivity index (χ1) is 11.9. The fourth-order valence-corrected chi connectivity index (χ4v) is 3.53. The van der Waals surface area contributed by atoms with Crippen molar-refractivity contribution in [1.82, 2.24) is 4.90 Å². The number of hydrogen-bond donors (Lipinski definition) is 1. The van der Waals surface area contributed by atoms with Crippen molar-refractivity contribution >= 4 is 23.1 Å². The first kappa shape index (κ1) is 20.1. The fraction of sp³-hybridized carbons (Fsp3) is 0.650. The molecule has 2 rings (SSSR count). The molecule has 25 heavy (non-hydrogen) atoms. The SMILES string of the molecule is COc1cc(N)c(Cl)cc1C(=O)CCC1CCN(CCC(C)C)CC1. The number of ketones is 1. The molecular weight excluding hydrogens is 336 g/mol. The summed E-state index contributed by atoms with van der Waals surface area (Å²) < 4.78 is 5.29. The zero-order chi connectivity index (χ0) is 18.4. The molecule has 0 aromatic heterocycles. The van der Waals surface area contributed by atoms with Crippen LogP contribution >= 0.6 is 11.6 Å². The van der Waals surface area contributed by atoms with Crippen LogP contribution in [0.1, 0.15) is 56.3 Å². The van der Waals surface area contributed by atoms with Gasteiger partial charge in [0, 0.05) is 12.5 Å². The number of hydrogen-bond acceptors (Lipinski definition) is 4. The number of nitrogens with zero attached hydrogens (tertiary/aromatic N) is 1. The van der Waals surface area contributed by atoms with Gasteiger partial charge in [0.2, 0.25) is 0 Å². The van der Waals surface area contributed by atoms with E-state index in [2.05, 4.69) is 18.7 Å². The lowest BCUT2D eigenvalue weighted by Crippen LogP contribution is -2.35. The Bertz CT molecular complexity index is 581. The summed E-state index contributed by atoms with van der Waals surface area (Å²) >= 11 is 6.07. The largest absolute Gasteiger partial charge is 0.496 e. The maximum Gasteiger partial charge on any atom is 0.166 e. The van der Waals surface area contributed by atoms with Crippen molar-refractivity contribution < 1.29 is 9.53 Å². The molecule has 0 atom stereocenters. The molecule has 0 radical (unpaired) electrons. The van der Waals surface area contributed by atoms with Crippen molar-refractivity contribution in [2.45, 2.75) is 46.0 Å². The maximum atomic E-state index is 12.6. The molecule has 1 aromatic rings. The Morgan fingerprint density at radius 2 is 2.04 bits per heavy atom. The number of piperidine rings is 1. The van der Waals surface area contributed by atoms with Gasteiger partial charge < -0.3 is 15.4 Å². The smallest absolute Gasteiger partial charge is 0.166 e. The Labute approximate surface area is 156 Å². The zero-order valence-corrected chi connectivity index (χ0v) is 16.4. The van der Waals surface area contributed by atoms with E-state index in [1.165, 1.54) is 25.8 Å². The second-order valence-electron chi connectivity index (χ2n) is 7.50. The third-order valence-corrected chi connectivity index (χ3v) is 5.46. The molecule has 0 bridgehead atoms. The number of Topliss-reactive ketones (excluding diaryl/α,β-unsaturated/α-hetero) is 1. The van der Waals surface area contributed by atoms with E-state index in [4.69, 9.17) is 22.1 Å². The van der Waals surface area contributed by atoms with Gasteiger partial charge in [-0.05, 0) is 63.2 Å². The molecule has 1 aliphatic heterocycles. The molecule has 4 nitrogen and oxygen atoms in total. The molecule has 1 fully saturated rings. The van der Waals surface area contributed by atoms with Crippen LogP contribution in [0.2, 0.25) is 5.02 Å². The van der Waals surface area contributed by atoms with Gasteiger partial charge in [-0.2, -0.15) is 0 Å². The van der Waals surface area contributed by atoms with Crippen molar-refractivity contribution in [2.75, 3.05) is 32.5 Å². The number of nitrogens with two attached hydrogens (primary N) is 1. The van der Waals surface area contributed by atoms with Crippen LogP contribution in [-0.4, -0.2) is 37.4 Å². The lowest BCUT2D eigenvalue weighted by molar-refractivity contribution is 0.0958. The third-order valence-electron chi connectivity index (χ3n) is 5.13. The van der Waals surface area contributed by atoms with E-state index in [-0.39, 0.29) is 5.78 Å². The standard InChI is InChI=1S/C20H31ClN2O2/c1-14(2)6-9-23-10-7-15(8-11-23)4-5-19(24)16-12-17(21)18(22)13-20(16)25-3/h12-15H,4-11,22H2,1-3H3. The molecule has 0 aliphatic carbocycles. The molecule has 1 aromatic carbocycles. The van der Waals surface area contributed by atoms with Gasteiger partial charge in [0.1, 0.15) is 5.75 Å². The molecule has 1 heterocycles. The number of rotatable bonds is 8. The van der Waals surface area contributed by atoms with Crippen LogP contribution in [-0.2, 0) is 0 Å². The number of nitrogen functional groups attached to an aromatic ring is 1. The number of carbonyl (C=O) groups excluding carboxylic acids is 1. The number of methoxy groups -OCH3 is 1. The third kappa shape index (κ3) is 5.89. The molecule has 1 aliphatic rings. The normalized spacial score (nSPS) is 16.4. The number of benzene rings is 1. The van der Waals surface area contributed by atoms with E-state index >= 15 is 0 Å². The quantitative estimate of drug-likeness (QED) is 0.537. The van der Waals surface area contributed by atoms with E-state index in [1.807, 2.05) is 0 Å². The number of halogens is 1. The van der Waals surface area contributed by atoms with Gasteiger partial charge in [-0.25, -0.2) is 0 Å². The molecule has 140 valence electrons. The monoisotopic (exact) mass is 366 g/mol. The van der Waals surface area contributed by atoms with E-state index in [9.17, 15) is 4.79 Å². The molecule has 0 spiro atoms. The van der Waals surface area contributed by atoms with Gasteiger partial charge in [-0.1, -0.05) is 25.4 Å². The van der Waals surface area contributed by atoms with Gasteiger partial charge in [-0.15, -0.1) is 0 Å². The van der Waals surface area contributed by atoms with Crippen LogP contribution < -0.4 is 10.5 Å². The Morgan fingerprint density at radius 1 is 1.36 bits per heavy atom. The summed E-state index contributed by atoms with van der Waals surface area (Å²) in [5, 5.41) is 0.405. The lowest BCUT2D eigenvalue weighted by Gasteiger charge is -2.32. The summed E-state index contributed by atoms with van der Waals surface area (Å²) in [6, 6.07) is 3.26. The minimum atomic E-state index is 0.0842. The highest BCUT2D eigenvalue weighted by Crippen LogP contribution is 2.31. The van der Waals surface area contributed by atoms with Gasteiger partial charge in [-0.3, -0.25) is 4.79 Å². The Kier molecular flexibility index (Phi) is 7.57. The fourth-order valence-electron chi connectivity index (χ4n) is 3.37. The molecule has 1 saturated heterocycles. The number of anilines is 1. The summed E-state index contributed by atoms with van der Waals surface area (Å²) in [4.78, 5) is 15.1. The van der Waals surface area contributed by atoms with Crippen molar-refractivity contribution in [3.05, 3.63) is 22.7 Å². The first-order valence-electron chi connectivity index (χ1n) is 9.29. The molecule has 0 amide bonds. The number of likely N-dealkylation sites (tertiary alicyclic amines) is 1. The van der Waals surface area contributed by atoms with Gasteiger partial charge in [0.25, 0.3) is 0 Å². The minimum Gasteiger partial charge on any atom is -0.496 e. The van der Waals surface area contributed by atoms with Crippen LogP contribution in [0, 0.1) is 11.8 Å². The Hall–Kier alpha value is -1.26. The van der Waals surface area contributed by atoms with Crippen molar-refractivity contribution in [3.63, 3.8) is 0 Å². The van der Waals surface area contributed by atoms with E-state index in [1.54, 1.807) is 19.2 Å². The highest BCUT2D eigenvalue weighted by atomic mass is 35.5. The maximum absolute atomic E-state index is 12.6. The predicted octanol–water partition coefficient (Wildman–Crippen LogP) is 4.65. The summed E-state index contributed by atoms with van der Waals surface area (Å²) in [5.41, 5.74) is 6.76. The summed E-state index contributed by atoms with van der Waals surface area (Å²) in [7, 11) is 1.55. The number of ether oxygens (including phenoxy) is 1. The second-order valence-corrected chi connectivity index (χ2v) is 7.91. The Morgan fingerprint density at radius 3 is 2.64 bits per heavy atom. The van der Waals surface area contributed by atoms with Gasteiger partial charge in [0.15, 0.2) is 5.78 Å². The minimum absolute atomic E-state index is 0.0842. The van der Waals surface area contributed by atoms with Crippen molar-refractivity contribution in [2.24, 2.45) is 11.8 Å². The van der Waals surface area contributed by atoms with Crippen LogP contribution in [0.3, 0.4) is 0 Å². The topological polar surface area (TPSA) is 55.6 Å². The van der Waals surface area contributed by atoms with Crippen molar-refractivity contribution in [1.29, 1.82) is 0 Å². The first-order valence-corrected chi connectivity index (χ1v) is 9.67. The second kappa shape index (κ2) is 9.44. The lowest BCUT2D eigenvalue weighted by atomic mass is 9.90. The van der Waals surface area contributed by atoms with Crippen LogP contribution in [0.4, 0.5) is 5.69 Å². The molecule has 0 unspecified atom stereocenters. The average molecular weight is 367 g/mol. The van der Waals surface area contributed by atoms with Crippen molar-refractivity contribution in [3.8, 4) is 5.75 Å². The predicted molar refractivity (Wildman–Crippen MR) is 105 cm³/mol. The molecule has 0 saturated carbocycles. The highest BCUT2D eigenvalue weighted by Gasteiger charge is 2.21. The van der Waals surface area contributed by atoms with Crippen LogP contribution in [0.5, 0.6) is 5.75 Å². The Balaban J connectivity index is 1.82. The molecule has 5 heteroatoms.